The molecule has 0 spiro atoms. The topological polar surface area (TPSA) is 78.7 Å². The van der Waals surface area contributed by atoms with Crippen LogP contribution >= 0.6 is 11.3 Å². The Morgan fingerprint density at radius 2 is 2.15 bits per heavy atom. The molecule has 0 unspecified atom stereocenters. The molecule has 0 aliphatic heterocycles. The highest BCUT2D eigenvalue weighted by atomic mass is 32.1. The Hall–Kier alpha value is -2.47. The van der Waals surface area contributed by atoms with E-state index in [0.29, 0.717) is 11.3 Å². The zero-order valence-corrected chi connectivity index (χ0v) is 10.4. The lowest BCUT2D eigenvalue weighted by atomic mass is 10.3. The lowest BCUT2D eigenvalue weighted by molar-refractivity contribution is -0.140. The first-order chi connectivity index (χ1) is 9.41. The van der Waals surface area contributed by atoms with Gasteiger partial charge < -0.3 is 0 Å². The third kappa shape index (κ3) is 2.92. The van der Waals surface area contributed by atoms with Crippen molar-refractivity contribution in [2.45, 2.75) is 6.18 Å². The number of aromatic nitrogens is 2. The molecule has 5 nitrogen and oxygen atoms in total. The summed E-state index contributed by atoms with van der Waals surface area (Å²) >= 11 is 0.457. The quantitative estimate of drug-likeness (QED) is 0.924. The summed E-state index contributed by atoms with van der Waals surface area (Å²) in [6.45, 7) is 0. The van der Waals surface area contributed by atoms with E-state index < -0.39 is 22.7 Å². The molecule has 0 atom stereocenters. The third-order valence-electron chi connectivity index (χ3n) is 2.12. The van der Waals surface area contributed by atoms with Crippen LogP contribution in [0, 0.1) is 11.3 Å². The average Bonchev–Trinajstić information content (AvgIpc) is 2.83. The van der Waals surface area contributed by atoms with E-state index in [1.807, 2.05) is 0 Å². The minimum Gasteiger partial charge on any atom is -0.296 e. The molecule has 0 saturated heterocycles. The molecule has 2 heterocycles. The van der Waals surface area contributed by atoms with E-state index >= 15 is 0 Å². The zero-order valence-electron chi connectivity index (χ0n) is 9.60. The fraction of sp³-hybridized carbons (Fsp3) is 0.0909. The monoisotopic (exact) mass is 298 g/mol. The average molecular weight is 298 g/mol. The van der Waals surface area contributed by atoms with Crippen LogP contribution in [0.5, 0.6) is 0 Å². The van der Waals surface area contributed by atoms with Crippen LogP contribution in [-0.4, -0.2) is 15.9 Å². The SMILES string of the molecule is N#Cc1sc(NC(=O)c2ccccn2)nc1C(F)(F)F. The van der Waals surface area contributed by atoms with E-state index in [4.69, 9.17) is 5.26 Å². The summed E-state index contributed by atoms with van der Waals surface area (Å²) in [5.74, 6) is -0.697. The van der Waals surface area contributed by atoms with Gasteiger partial charge in [-0.2, -0.15) is 18.4 Å². The number of hydrogen-bond donors (Lipinski definition) is 1. The number of rotatable bonds is 2. The van der Waals surface area contributed by atoms with Gasteiger partial charge in [-0.15, -0.1) is 0 Å². The Morgan fingerprint density at radius 3 is 2.65 bits per heavy atom. The van der Waals surface area contributed by atoms with Gasteiger partial charge >= 0.3 is 6.18 Å². The summed E-state index contributed by atoms with van der Waals surface area (Å²) in [4.78, 5) is 18.1. The largest absolute Gasteiger partial charge is 0.435 e. The summed E-state index contributed by atoms with van der Waals surface area (Å²) in [5, 5.41) is 10.5. The van der Waals surface area contributed by atoms with Crippen LogP contribution in [0.4, 0.5) is 18.3 Å². The lowest BCUT2D eigenvalue weighted by Crippen LogP contribution is -2.14. The van der Waals surface area contributed by atoms with Gasteiger partial charge in [-0.05, 0) is 12.1 Å². The van der Waals surface area contributed by atoms with Crippen molar-refractivity contribution in [1.29, 1.82) is 5.26 Å². The first-order valence-corrected chi connectivity index (χ1v) is 5.94. The molecule has 0 saturated carbocycles. The lowest BCUT2D eigenvalue weighted by Gasteiger charge is -2.01. The predicted molar refractivity (Wildman–Crippen MR) is 64.0 cm³/mol. The van der Waals surface area contributed by atoms with Crippen molar-refractivity contribution in [2.24, 2.45) is 0 Å². The molecular formula is C11H5F3N4OS. The zero-order chi connectivity index (χ0) is 14.8. The van der Waals surface area contributed by atoms with Crippen LogP contribution < -0.4 is 5.32 Å². The summed E-state index contributed by atoms with van der Waals surface area (Å²) in [7, 11) is 0. The Kier molecular flexibility index (Phi) is 3.67. The van der Waals surface area contributed by atoms with Crippen LogP contribution in [-0.2, 0) is 6.18 Å². The maximum absolute atomic E-state index is 12.6. The molecule has 102 valence electrons. The Labute approximate surface area is 114 Å². The molecule has 0 bridgehead atoms. The molecule has 1 N–H and O–H groups in total. The number of nitriles is 1. The molecular weight excluding hydrogens is 293 g/mol. The summed E-state index contributed by atoms with van der Waals surface area (Å²) < 4.78 is 37.7. The molecule has 2 aromatic rings. The summed E-state index contributed by atoms with van der Waals surface area (Å²) in [6, 6.07) is 5.96. The van der Waals surface area contributed by atoms with Crippen molar-refractivity contribution in [2.75, 3.05) is 5.32 Å². The Balaban J connectivity index is 2.26. The van der Waals surface area contributed by atoms with Gasteiger partial charge in [-0.25, -0.2) is 4.98 Å². The number of hydrogen-bond acceptors (Lipinski definition) is 5. The molecule has 9 heteroatoms. The van der Waals surface area contributed by atoms with Crippen LogP contribution in [0.15, 0.2) is 24.4 Å². The van der Waals surface area contributed by atoms with E-state index in [1.54, 1.807) is 12.1 Å². The van der Waals surface area contributed by atoms with Crippen LogP contribution in [0.3, 0.4) is 0 Å². The van der Waals surface area contributed by atoms with E-state index in [2.05, 4.69) is 15.3 Å². The number of carbonyl (C=O) groups excluding carboxylic acids is 1. The molecule has 2 aromatic heterocycles. The maximum atomic E-state index is 12.6. The fourth-order valence-corrected chi connectivity index (χ4v) is 2.08. The third-order valence-corrected chi connectivity index (χ3v) is 2.99. The number of nitrogens with zero attached hydrogens (tertiary/aromatic N) is 3. The van der Waals surface area contributed by atoms with Crippen LogP contribution in [0.1, 0.15) is 21.1 Å². The van der Waals surface area contributed by atoms with Gasteiger partial charge in [-0.3, -0.25) is 15.1 Å². The van der Waals surface area contributed by atoms with Gasteiger partial charge in [0.15, 0.2) is 10.8 Å². The van der Waals surface area contributed by atoms with E-state index in [-0.39, 0.29) is 10.8 Å². The van der Waals surface area contributed by atoms with Gasteiger partial charge in [-0.1, -0.05) is 17.4 Å². The number of nitrogens with one attached hydrogen (secondary N) is 1. The van der Waals surface area contributed by atoms with Crippen LogP contribution in [0.25, 0.3) is 0 Å². The standard InChI is InChI=1S/C11H5F3N4OS/c12-11(13,14)8-7(5-15)20-10(17-8)18-9(19)6-3-1-2-4-16-6/h1-4H,(H,17,18,19). The summed E-state index contributed by atoms with van der Waals surface area (Å²) in [6.07, 6.45) is -3.37. The first kappa shape index (κ1) is 14.0. The second-order valence-corrected chi connectivity index (χ2v) is 4.47. The number of pyridine rings is 1. The van der Waals surface area contributed by atoms with Gasteiger partial charge in [0.05, 0.1) is 0 Å². The molecule has 1 amide bonds. The van der Waals surface area contributed by atoms with Crippen molar-refractivity contribution in [3.63, 3.8) is 0 Å². The molecule has 20 heavy (non-hydrogen) atoms. The van der Waals surface area contributed by atoms with E-state index in [1.165, 1.54) is 18.3 Å². The van der Waals surface area contributed by atoms with Crippen molar-refractivity contribution in [3.8, 4) is 6.07 Å². The molecule has 2 rings (SSSR count). The molecule has 0 radical (unpaired) electrons. The normalized spacial score (nSPS) is 10.9. The van der Waals surface area contributed by atoms with Gasteiger partial charge in [0.25, 0.3) is 5.91 Å². The van der Waals surface area contributed by atoms with E-state index in [0.717, 1.165) is 0 Å². The number of anilines is 1. The minimum absolute atomic E-state index is 0.0368. The molecule has 0 fully saturated rings. The number of thiazole rings is 1. The predicted octanol–water partition coefficient (Wildman–Crippen LogP) is 2.68. The molecule has 0 aromatic carbocycles. The highest BCUT2D eigenvalue weighted by molar-refractivity contribution is 7.16. The second-order valence-electron chi connectivity index (χ2n) is 3.48. The molecule has 0 aliphatic carbocycles. The summed E-state index contributed by atoms with van der Waals surface area (Å²) in [5.41, 5.74) is -1.27. The number of carbonyl (C=O) groups is 1. The van der Waals surface area contributed by atoms with Crippen molar-refractivity contribution in [3.05, 3.63) is 40.7 Å². The van der Waals surface area contributed by atoms with Gasteiger partial charge in [0.1, 0.15) is 16.6 Å². The highest BCUT2D eigenvalue weighted by Gasteiger charge is 2.38. The van der Waals surface area contributed by atoms with Crippen molar-refractivity contribution >= 4 is 22.4 Å². The van der Waals surface area contributed by atoms with Crippen LogP contribution in [0.2, 0.25) is 0 Å². The number of alkyl halides is 3. The molecule has 0 aliphatic rings. The van der Waals surface area contributed by atoms with Crippen molar-refractivity contribution < 1.29 is 18.0 Å². The second kappa shape index (κ2) is 5.26. The first-order valence-electron chi connectivity index (χ1n) is 5.12. The highest BCUT2D eigenvalue weighted by Crippen LogP contribution is 2.35. The van der Waals surface area contributed by atoms with Crippen molar-refractivity contribution in [1.82, 2.24) is 9.97 Å². The Bertz CT molecular complexity index is 675. The number of amides is 1. The minimum atomic E-state index is -4.74. The Morgan fingerprint density at radius 1 is 1.40 bits per heavy atom. The van der Waals surface area contributed by atoms with E-state index in [9.17, 15) is 18.0 Å². The van der Waals surface area contributed by atoms with Gasteiger partial charge in [0, 0.05) is 6.20 Å². The maximum Gasteiger partial charge on any atom is 0.435 e. The smallest absolute Gasteiger partial charge is 0.296 e. The fourth-order valence-electron chi connectivity index (χ4n) is 1.30. The van der Waals surface area contributed by atoms with Gasteiger partial charge in [0.2, 0.25) is 0 Å². The number of halogens is 3.